The predicted molar refractivity (Wildman–Crippen MR) is 362 cm³/mol. The van der Waals surface area contributed by atoms with Crippen molar-refractivity contribution in [3.05, 3.63) is 234 Å². The first kappa shape index (κ1) is 83.6. The monoisotopic (exact) mass is 1460 g/mol. The van der Waals surface area contributed by atoms with Gasteiger partial charge in [-0.3, -0.25) is 13.7 Å². The SMILES string of the molecule is C.C.C.Cc1ccc(Oc2ccc(S(=O)(=O)O)c(Oc3ccc(C)cc3)c2)cc1.Cc1ccc(Sc2ccc(S(=O)(=O)O)c(Sc3ccc(C)cc3)c2)cc1.Cc1ccc(Sc2ccc(Sc3ccc(C)cc3)c(S(=O)(=O)O)c2)cc1.O=S(=O)=O.O=S(=O)=O.O=S(=O)=O. The molecule has 9 aromatic rings. The molecule has 0 amide bonds. The zero-order chi connectivity index (χ0) is 66.9. The molecule has 0 radical (unpaired) electrons. The zero-order valence-electron chi connectivity index (χ0n) is 47.9. The van der Waals surface area contributed by atoms with Gasteiger partial charge in [-0.15, -0.1) is 37.9 Å². The highest BCUT2D eigenvalue weighted by Gasteiger charge is 2.21. The number of ether oxygens (including phenoxy) is 2. The summed E-state index contributed by atoms with van der Waals surface area (Å²) in [4.78, 5) is 6.13. The first-order valence-electron chi connectivity index (χ1n) is 25.3. The highest BCUT2D eigenvalue weighted by atomic mass is 32.2. The van der Waals surface area contributed by atoms with Crippen molar-refractivity contribution >= 4 is 109 Å². The van der Waals surface area contributed by atoms with Crippen LogP contribution in [-0.4, -0.2) is 76.8 Å². The minimum absolute atomic E-state index is 0. The van der Waals surface area contributed by atoms with E-state index in [1.54, 1.807) is 42.1 Å². The third-order valence-electron chi connectivity index (χ3n) is 11.1. The van der Waals surface area contributed by atoms with E-state index < -0.39 is 62.2 Å². The van der Waals surface area contributed by atoms with E-state index in [1.165, 1.54) is 71.2 Å². The molecule has 0 heterocycles. The van der Waals surface area contributed by atoms with Crippen LogP contribution < -0.4 is 9.47 Å². The van der Waals surface area contributed by atoms with Crippen LogP contribution in [-0.2, 0) is 62.2 Å². The van der Waals surface area contributed by atoms with Crippen LogP contribution in [0.25, 0.3) is 0 Å². The number of rotatable bonds is 15. The largest absolute Gasteiger partial charge is 0.457 e. The molecule has 9 rings (SSSR count). The van der Waals surface area contributed by atoms with Gasteiger partial charge in [0, 0.05) is 45.2 Å². The molecule has 0 spiro atoms. The Morgan fingerprint density at radius 3 is 0.882 bits per heavy atom. The zero-order valence-corrected chi connectivity index (χ0v) is 56.1. The van der Waals surface area contributed by atoms with Gasteiger partial charge in [-0.05, 0) is 163 Å². The first-order valence-corrected chi connectivity index (χ1v) is 35.8. The van der Waals surface area contributed by atoms with Gasteiger partial charge in [0.05, 0.1) is 0 Å². The molecule has 0 aliphatic carbocycles. The Labute approximate surface area is 565 Å². The fourth-order valence-corrected chi connectivity index (χ4v) is 13.1. The lowest BCUT2D eigenvalue weighted by atomic mass is 10.2. The van der Waals surface area contributed by atoms with Crippen LogP contribution in [0.4, 0.5) is 0 Å². The van der Waals surface area contributed by atoms with Crippen molar-refractivity contribution in [2.75, 3.05) is 0 Å². The topological polar surface area (TPSA) is 335 Å². The molecule has 0 fully saturated rings. The molecule has 30 heteroatoms. The van der Waals surface area contributed by atoms with Crippen LogP contribution >= 0.6 is 47.0 Å². The van der Waals surface area contributed by atoms with E-state index in [4.69, 9.17) is 47.4 Å². The molecule has 0 aliphatic heterocycles. The fraction of sp³-hybridized carbons (Fsp3) is 0.143. The van der Waals surface area contributed by atoms with Crippen LogP contribution in [0.5, 0.6) is 23.0 Å². The summed E-state index contributed by atoms with van der Waals surface area (Å²) in [6, 6.07) is 60.6. The van der Waals surface area contributed by atoms with Gasteiger partial charge < -0.3 is 9.47 Å². The van der Waals surface area contributed by atoms with Gasteiger partial charge in [0.25, 0.3) is 30.4 Å². The van der Waals surface area contributed by atoms with E-state index >= 15 is 0 Å². The fourth-order valence-electron chi connectivity index (χ4n) is 6.95. The quantitative estimate of drug-likeness (QED) is 0.0803. The summed E-state index contributed by atoms with van der Waals surface area (Å²) >= 11 is 5.65. The molecule has 0 saturated heterocycles. The molecule has 9 aromatic carbocycles. The summed E-state index contributed by atoms with van der Waals surface area (Å²) in [6.45, 7) is 11.9. The van der Waals surface area contributed by atoms with E-state index in [2.05, 4.69) is 0 Å². The maximum Gasteiger partial charge on any atom is 0.425 e. The summed E-state index contributed by atoms with van der Waals surface area (Å²) < 4.78 is 187. The minimum Gasteiger partial charge on any atom is -0.457 e. The first-order chi connectivity index (χ1) is 42.1. The van der Waals surface area contributed by atoms with Crippen molar-refractivity contribution in [1.29, 1.82) is 0 Å². The number of hydrogen-bond acceptors (Lipinski definition) is 21. The van der Waals surface area contributed by atoms with Gasteiger partial charge in [-0.2, -0.15) is 25.3 Å². The second-order valence-corrected chi connectivity index (χ2v) is 28.3. The number of aryl methyl sites for hydroxylation is 6. The molecular formula is C63H66O20S10. The maximum atomic E-state index is 11.9. The summed E-state index contributed by atoms with van der Waals surface area (Å²) in [5, 5.41) is 0. The standard InChI is InChI=1S/C20H18O5S.2C20H18O3S3.3CH4.3O3S/c2*1-14-3-7-16(8-4-14)24-18-11-12-20(26(21,22)23)19(13-18)25-17-9-5-15(2)6-10-17;1-14-3-7-16(8-4-14)24-18-11-12-19(20(13-18)26(21,22)23)25-17-9-5-15(2)6-10-17;;;;3*1-4(2)3/h3*3-13H,1-2H3,(H,21,22,23);3*1H4;;;. The van der Waals surface area contributed by atoms with Crippen molar-refractivity contribution in [2.45, 2.75) is 118 Å². The van der Waals surface area contributed by atoms with E-state index in [-0.39, 0.29) is 42.7 Å². The molecule has 0 aliphatic rings. The Hall–Kier alpha value is -7.43. The molecule has 20 nitrogen and oxygen atoms in total. The lowest BCUT2D eigenvalue weighted by Crippen LogP contribution is -2.01. The maximum absolute atomic E-state index is 11.9. The minimum atomic E-state index is -4.44. The van der Waals surface area contributed by atoms with Gasteiger partial charge >= 0.3 is 31.8 Å². The van der Waals surface area contributed by atoms with Crippen molar-refractivity contribution in [3.63, 3.8) is 0 Å². The normalized spacial score (nSPS) is 10.3. The Kier molecular flexibility index (Phi) is 35.9. The van der Waals surface area contributed by atoms with Crippen LogP contribution in [0.2, 0.25) is 0 Å². The molecular weight excluding hydrogens is 1400 g/mol. The second kappa shape index (κ2) is 40.0. The Morgan fingerprint density at radius 1 is 0.280 bits per heavy atom. The highest BCUT2D eigenvalue weighted by Crippen LogP contribution is 2.40. The third-order valence-corrected chi connectivity index (χ3v) is 18.2. The summed E-state index contributed by atoms with van der Waals surface area (Å²) in [7, 11) is -22.4. The molecule has 498 valence electrons. The Bertz CT molecular complexity index is 4350. The molecule has 0 saturated carbocycles. The van der Waals surface area contributed by atoms with Crippen LogP contribution in [0.15, 0.2) is 254 Å². The smallest absolute Gasteiger partial charge is 0.425 e. The van der Waals surface area contributed by atoms with Crippen molar-refractivity contribution in [2.24, 2.45) is 0 Å². The molecule has 0 atom stereocenters. The van der Waals surface area contributed by atoms with Gasteiger partial charge in [0.15, 0.2) is 5.75 Å². The average molecular weight is 1460 g/mol. The lowest BCUT2D eigenvalue weighted by molar-refractivity contribution is 0.439. The molecule has 0 bridgehead atoms. The Morgan fingerprint density at radius 2 is 0.538 bits per heavy atom. The van der Waals surface area contributed by atoms with Crippen molar-refractivity contribution in [1.82, 2.24) is 0 Å². The highest BCUT2D eigenvalue weighted by molar-refractivity contribution is 8.01. The average Bonchev–Trinajstić information content (AvgIpc) is 1.72. The Balaban J connectivity index is 0.000000630. The molecule has 0 unspecified atom stereocenters. The van der Waals surface area contributed by atoms with Crippen LogP contribution in [0, 0.1) is 41.5 Å². The lowest BCUT2D eigenvalue weighted by Gasteiger charge is -2.12. The van der Waals surface area contributed by atoms with Gasteiger partial charge in [0.1, 0.15) is 31.9 Å². The summed E-state index contributed by atoms with van der Waals surface area (Å²) in [6.07, 6.45) is 0. The van der Waals surface area contributed by atoms with E-state index in [9.17, 15) is 38.9 Å². The van der Waals surface area contributed by atoms with E-state index in [1.807, 2.05) is 181 Å². The van der Waals surface area contributed by atoms with Crippen molar-refractivity contribution < 1.29 is 86.3 Å². The second-order valence-electron chi connectivity index (χ2n) is 18.4. The van der Waals surface area contributed by atoms with E-state index in [0.717, 1.165) is 57.2 Å². The van der Waals surface area contributed by atoms with E-state index in [0.29, 0.717) is 27.0 Å². The van der Waals surface area contributed by atoms with Crippen molar-refractivity contribution in [3.8, 4) is 23.0 Å². The number of benzene rings is 9. The summed E-state index contributed by atoms with van der Waals surface area (Å²) in [5.41, 5.74) is 6.76. The molecule has 0 aromatic heterocycles. The van der Waals surface area contributed by atoms with Gasteiger partial charge in [-0.25, -0.2) is 0 Å². The third kappa shape index (κ3) is 32.3. The predicted octanol–water partition coefficient (Wildman–Crippen LogP) is 15.7. The van der Waals surface area contributed by atoms with Gasteiger partial charge in [0.2, 0.25) is 0 Å². The molecule has 3 N–H and O–H groups in total. The van der Waals surface area contributed by atoms with Crippen LogP contribution in [0.3, 0.4) is 0 Å². The van der Waals surface area contributed by atoms with Gasteiger partial charge in [-0.1, -0.05) is 176 Å². The van der Waals surface area contributed by atoms with Crippen LogP contribution in [0.1, 0.15) is 55.7 Å². The molecule has 93 heavy (non-hydrogen) atoms. The summed E-state index contributed by atoms with van der Waals surface area (Å²) in [5.74, 6) is 1.44. The number of hydrogen-bond donors (Lipinski definition) is 3.